The fraction of sp³-hybridized carbons (Fsp3) is 0.368. The van der Waals surface area contributed by atoms with Crippen LogP contribution in [-0.2, 0) is 0 Å². The second-order valence-corrected chi connectivity index (χ2v) is 6.85. The number of hydrogen-bond donors (Lipinski definition) is 2. The van der Waals surface area contributed by atoms with Gasteiger partial charge >= 0.3 is 0 Å². The van der Waals surface area contributed by atoms with Crippen molar-refractivity contribution in [1.82, 2.24) is 10.6 Å². The van der Waals surface area contributed by atoms with Crippen LogP contribution in [0.1, 0.15) is 29.9 Å². The standard InChI is InChI=1S/C19H21ClN2/c20-16-7-8-17-14(11-16)6-5-13-3-2-10-22-19(13)18(17)15-4-1-9-21-12-15/h2-3,5-8,10-11,15,18-19,21-22H,1,4,9,12H2. The van der Waals surface area contributed by atoms with Crippen LogP contribution in [0, 0.1) is 5.92 Å². The largest absolute Gasteiger partial charge is 0.383 e. The van der Waals surface area contributed by atoms with Gasteiger partial charge in [-0.1, -0.05) is 35.9 Å². The van der Waals surface area contributed by atoms with E-state index in [1.54, 1.807) is 0 Å². The van der Waals surface area contributed by atoms with Crippen molar-refractivity contribution in [2.75, 3.05) is 13.1 Å². The van der Waals surface area contributed by atoms with Crippen molar-refractivity contribution in [2.45, 2.75) is 24.8 Å². The molecule has 1 saturated heterocycles. The third-order valence-electron chi connectivity index (χ3n) is 5.09. The van der Waals surface area contributed by atoms with Gasteiger partial charge in [-0.2, -0.15) is 0 Å². The number of hydrogen-bond acceptors (Lipinski definition) is 2. The quantitative estimate of drug-likeness (QED) is 0.823. The topological polar surface area (TPSA) is 24.1 Å². The summed E-state index contributed by atoms with van der Waals surface area (Å²) in [6.45, 7) is 2.25. The number of rotatable bonds is 1. The van der Waals surface area contributed by atoms with Crippen LogP contribution in [0.25, 0.3) is 6.08 Å². The zero-order valence-electron chi connectivity index (χ0n) is 12.6. The van der Waals surface area contributed by atoms with Crippen molar-refractivity contribution in [3.8, 4) is 0 Å². The number of allylic oxidation sites excluding steroid dienone is 2. The lowest BCUT2D eigenvalue weighted by Crippen LogP contribution is -2.43. The van der Waals surface area contributed by atoms with Crippen LogP contribution in [-0.4, -0.2) is 19.1 Å². The Morgan fingerprint density at radius 2 is 2.14 bits per heavy atom. The highest BCUT2D eigenvalue weighted by atomic mass is 35.5. The first-order chi connectivity index (χ1) is 10.8. The molecule has 0 aromatic heterocycles. The van der Waals surface area contributed by atoms with Crippen LogP contribution < -0.4 is 10.6 Å². The molecule has 2 aliphatic heterocycles. The number of nitrogens with one attached hydrogen (secondary N) is 2. The van der Waals surface area contributed by atoms with Gasteiger partial charge in [0, 0.05) is 10.9 Å². The van der Waals surface area contributed by atoms with Crippen LogP contribution in [0.4, 0.5) is 0 Å². The number of fused-ring (bicyclic) bond motifs is 2. The molecule has 2 heterocycles. The monoisotopic (exact) mass is 312 g/mol. The SMILES string of the molecule is Clc1ccc2c(c1)C=CC1=CC=CNC1C2C1CCCNC1. The zero-order valence-corrected chi connectivity index (χ0v) is 13.3. The highest BCUT2D eigenvalue weighted by molar-refractivity contribution is 6.30. The number of benzene rings is 1. The summed E-state index contributed by atoms with van der Waals surface area (Å²) in [5.74, 6) is 1.13. The molecule has 4 rings (SSSR count). The van der Waals surface area contributed by atoms with Gasteiger partial charge in [-0.15, -0.1) is 0 Å². The Hall–Kier alpha value is -1.51. The highest BCUT2D eigenvalue weighted by Crippen LogP contribution is 2.41. The third kappa shape index (κ3) is 2.51. The molecule has 2 N–H and O–H groups in total. The zero-order chi connectivity index (χ0) is 14.9. The van der Waals surface area contributed by atoms with Gasteiger partial charge in [0.05, 0.1) is 6.04 Å². The molecule has 0 bridgehead atoms. The summed E-state index contributed by atoms with van der Waals surface area (Å²) < 4.78 is 0. The number of dihydropyridines is 1. The lowest BCUT2D eigenvalue weighted by atomic mass is 9.74. The van der Waals surface area contributed by atoms with Crippen molar-refractivity contribution in [1.29, 1.82) is 0 Å². The van der Waals surface area contributed by atoms with E-state index in [0.717, 1.165) is 18.1 Å². The van der Waals surface area contributed by atoms with Crippen molar-refractivity contribution in [2.24, 2.45) is 5.92 Å². The predicted octanol–water partition coefficient (Wildman–Crippen LogP) is 3.86. The minimum Gasteiger partial charge on any atom is -0.383 e. The predicted molar refractivity (Wildman–Crippen MR) is 93.0 cm³/mol. The molecular formula is C19H21ClN2. The molecule has 3 unspecified atom stereocenters. The molecule has 0 amide bonds. The Bertz CT molecular complexity index is 653. The van der Waals surface area contributed by atoms with Gasteiger partial charge < -0.3 is 10.6 Å². The first-order valence-electron chi connectivity index (χ1n) is 8.14. The molecule has 0 spiro atoms. The van der Waals surface area contributed by atoms with Crippen LogP contribution in [0.15, 0.2) is 48.2 Å². The minimum atomic E-state index is 0.355. The van der Waals surface area contributed by atoms with Gasteiger partial charge in [0.2, 0.25) is 0 Å². The maximum atomic E-state index is 6.23. The number of halogens is 1. The molecule has 114 valence electrons. The van der Waals surface area contributed by atoms with Crippen LogP contribution in [0.3, 0.4) is 0 Å². The van der Waals surface area contributed by atoms with Crippen molar-refractivity contribution in [3.05, 3.63) is 64.3 Å². The van der Waals surface area contributed by atoms with Crippen molar-refractivity contribution < 1.29 is 0 Å². The summed E-state index contributed by atoms with van der Waals surface area (Å²) in [4.78, 5) is 0. The summed E-state index contributed by atoms with van der Waals surface area (Å²) in [5.41, 5.74) is 4.05. The molecule has 1 aromatic carbocycles. The van der Waals surface area contributed by atoms with Crippen molar-refractivity contribution >= 4 is 17.7 Å². The van der Waals surface area contributed by atoms with E-state index in [4.69, 9.17) is 11.6 Å². The lowest BCUT2D eigenvalue weighted by Gasteiger charge is -2.38. The molecule has 0 radical (unpaired) electrons. The van der Waals surface area contributed by atoms with E-state index in [0.29, 0.717) is 17.9 Å². The van der Waals surface area contributed by atoms with Crippen LogP contribution in [0.5, 0.6) is 0 Å². The van der Waals surface area contributed by atoms with Crippen molar-refractivity contribution in [3.63, 3.8) is 0 Å². The third-order valence-corrected chi connectivity index (χ3v) is 5.32. The summed E-state index contributed by atoms with van der Waals surface area (Å²) >= 11 is 6.23. The summed E-state index contributed by atoms with van der Waals surface area (Å²) in [5, 5.41) is 8.00. The molecule has 3 heteroatoms. The molecule has 0 saturated carbocycles. The maximum absolute atomic E-state index is 6.23. The summed E-state index contributed by atoms with van der Waals surface area (Å²) in [6, 6.07) is 6.71. The molecule has 3 aliphatic rings. The normalized spacial score (nSPS) is 29.9. The first kappa shape index (κ1) is 14.1. The van der Waals surface area contributed by atoms with Gasteiger partial charge in [-0.25, -0.2) is 0 Å². The molecule has 22 heavy (non-hydrogen) atoms. The summed E-state index contributed by atoms with van der Waals surface area (Å²) in [6.07, 6.45) is 13.4. The lowest BCUT2D eigenvalue weighted by molar-refractivity contribution is 0.294. The average Bonchev–Trinajstić information content (AvgIpc) is 2.72. The molecular weight excluding hydrogens is 292 g/mol. The Morgan fingerprint density at radius 1 is 1.18 bits per heavy atom. The van der Waals surface area contributed by atoms with E-state index >= 15 is 0 Å². The second kappa shape index (κ2) is 5.94. The Balaban J connectivity index is 1.81. The first-order valence-corrected chi connectivity index (χ1v) is 8.52. The van der Waals surface area contributed by atoms with E-state index in [-0.39, 0.29) is 0 Å². The molecule has 1 fully saturated rings. The van der Waals surface area contributed by atoms with Crippen LogP contribution >= 0.6 is 11.6 Å². The molecule has 1 aromatic rings. The molecule has 2 nitrogen and oxygen atoms in total. The fourth-order valence-electron chi connectivity index (χ4n) is 4.06. The van der Waals surface area contributed by atoms with E-state index in [2.05, 4.69) is 53.3 Å². The minimum absolute atomic E-state index is 0.355. The van der Waals surface area contributed by atoms with Gasteiger partial charge in [0.15, 0.2) is 0 Å². The Labute approximate surface area is 136 Å². The Morgan fingerprint density at radius 3 is 3.00 bits per heavy atom. The molecule has 1 aliphatic carbocycles. The smallest absolute Gasteiger partial charge is 0.0580 e. The second-order valence-electron chi connectivity index (χ2n) is 6.41. The van der Waals surface area contributed by atoms with Gasteiger partial charge in [-0.05, 0) is 73.0 Å². The number of piperidine rings is 1. The van der Waals surface area contributed by atoms with E-state index in [1.165, 1.54) is 29.5 Å². The van der Waals surface area contributed by atoms with Gasteiger partial charge in [0.1, 0.15) is 0 Å². The fourth-order valence-corrected chi connectivity index (χ4v) is 4.24. The maximum Gasteiger partial charge on any atom is 0.0580 e. The highest BCUT2D eigenvalue weighted by Gasteiger charge is 2.35. The molecule has 3 atom stereocenters. The van der Waals surface area contributed by atoms with Gasteiger partial charge in [0.25, 0.3) is 0 Å². The van der Waals surface area contributed by atoms with E-state index in [9.17, 15) is 0 Å². The van der Waals surface area contributed by atoms with E-state index < -0.39 is 0 Å². The van der Waals surface area contributed by atoms with Gasteiger partial charge in [-0.3, -0.25) is 0 Å². The Kier molecular flexibility index (Phi) is 3.81. The van der Waals surface area contributed by atoms with E-state index in [1.807, 2.05) is 6.07 Å². The summed E-state index contributed by atoms with van der Waals surface area (Å²) in [7, 11) is 0. The van der Waals surface area contributed by atoms with Crippen LogP contribution in [0.2, 0.25) is 5.02 Å². The average molecular weight is 313 g/mol.